The lowest BCUT2D eigenvalue weighted by atomic mass is 10.1. The Bertz CT molecular complexity index is 831. The molecule has 1 aromatic heterocycles. The average molecular weight is 383 g/mol. The molecule has 0 radical (unpaired) electrons. The highest BCUT2D eigenvalue weighted by molar-refractivity contribution is 5.94. The average Bonchev–Trinajstić information content (AvgIpc) is 2.93. The number of carbonyl (C=O) groups excluding carboxylic acids is 1. The number of likely N-dealkylation sites (tertiary alicyclic amines) is 1. The number of aliphatic carboxylic acids is 1. The molecule has 0 atom stereocenters. The van der Waals surface area contributed by atoms with Crippen LogP contribution < -0.4 is 0 Å². The summed E-state index contributed by atoms with van der Waals surface area (Å²) in [5, 5.41) is 13.5. The number of benzene rings is 1. The van der Waals surface area contributed by atoms with Crippen molar-refractivity contribution in [1.82, 2.24) is 14.7 Å². The Morgan fingerprint density at radius 2 is 1.61 bits per heavy atom. The zero-order valence-corrected chi connectivity index (χ0v) is 16.8. The highest BCUT2D eigenvalue weighted by Crippen LogP contribution is 2.21. The SMILES string of the molecule is Cc1nn(-c2ccc(C(=O)N3CCCCCCC3)cc2)c(C)c1CCC(=O)O. The second kappa shape index (κ2) is 9.04. The van der Waals surface area contributed by atoms with E-state index in [-0.39, 0.29) is 12.3 Å². The molecule has 6 nitrogen and oxygen atoms in total. The van der Waals surface area contributed by atoms with Crippen LogP contribution in [0.4, 0.5) is 0 Å². The molecule has 3 rings (SSSR count). The molecule has 1 aliphatic rings. The first-order valence-electron chi connectivity index (χ1n) is 10.1. The summed E-state index contributed by atoms with van der Waals surface area (Å²) in [5.74, 6) is -0.706. The van der Waals surface area contributed by atoms with Crippen LogP contribution in [0.5, 0.6) is 0 Å². The number of aromatic nitrogens is 2. The Labute approximate surface area is 166 Å². The summed E-state index contributed by atoms with van der Waals surface area (Å²) in [4.78, 5) is 25.7. The highest BCUT2D eigenvalue weighted by Gasteiger charge is 2.18. The van der Waals surface area contributed by atoms with E-state index in [1.165, 1.54) is 19.3 Å². The fourth-order valence-electron chi connectivity index (χ4n) is 3.90. The number of carbonyl (C=O) groups is 2. The van der Waals surface area contributed by atoms with Crippen LogP contribution in [0.3, 0.4) is 0 Å². The van der Waals surface area contributed by atoms with Crippen molar-refractivity contribution < 1.29 is 14.7 Å². The fourth-order valence-corrected chi connectivity index (χ4v) is 3.90. The minimum atomic E-state index is -0.807. The lowest BCUT2D eigenvalue weighted by Crippen LogP contribution is -2.33. The van der Waals surface area contributed by atoms with E-state index in [0.717, 1.165) is 48.6 Å². The minimum Gasteiger partial charge on any atom is -0.481 e. The first kappa shape index (κ1) is 20.1. The van der Waals surface area contributed by atoms with Crippen molar-refractivity contribution in [3.8, 4) is 5.69 Å². The van der Waals surface area contributed by atoms with Crippen molar-refractivity contribution in [3.05, 3.63) is 46.8 Å². The summed E-state index contributed by atoms with van der Waals surface area (Å²) in [6.07, 6.45) is 6.39. The van der Waals surface area contributed by atoms with Crippen molar-refractivity contribution in [2.75, 3.05) is 13.1 Å². The van der Waals surface area contributed by atoms with Gasteiger partial charge in [-0.2, -0.15) is 5.10 Å². The van der Waals surface area contributed by atoms with Crippen LogP contribution in [0.15, 0.2) is 24.3 Å². The smallest absolute Gasteiger partial charge is 0.303 e. The third-order valence-electron chi connectivity index (χ3n) is 5.53. The van der Waals surface area contributed by atoms with Crippen LogP contribution >= 0.6 is 0 Å². The Balaban J connectivity index is 1.76. The molecule has 1 N–H and O–H groups in total. The standard InChI is InChI=1S/C22H29N3O3/c1-16-20(12-13-21(26)27)17(2)25(23-16)19-10-8-18(9-11-19)22(28)24-14-6-4-3-5-7-15-24/h8-11H,3-7,12-15H2,1-2H3,(H,26,27). The molecular formula is C22H29N3O3. The van der Waals surface area contributed by atoms with Crippen molar-refractivity contribution in [3.63, 3.8) is 0 Å². The number of nitrogens with zero attached hydrogens (tertiary/aromatic N) is 3. The van der Waals surface area contributed by atoms with Gasteiger partial charge in [0, 0.05) is 30.8 Å². The normalized spacial score (nSPS) is 15.1. The Morgan fingerprint density at radius 1 is 1.00 bits per heavy atom. The maximum absolute atomic E-state index is 12.8. The molecule has 1 aromatic carbocycles. The van der Waals surface area contributed by atoms with E-state index in [2.05, 4.69) is 5.10 Å². The van der Waals surface area contributed by atoms with Crippen LogP contribution in [-0.2, 0) is 11.2 Å². The monoisotopic (exact) mass is 383 g/mol. The van der Waals surface area contributed by atoms with E-state index in [9.17, 15) is 9.59 Å². The third-order valence-corrected chi connectivity index (χ3v) is 5.53. The molecule has 0 unspecified atom stereocenters. The molecule has 6 heteroatoms. The van der Waals surface area contributed by atoms with Crippen molar-refractivity contribution in [2.45, 2.75) is 58.8 Å². The van der Waals surface area contributed by atoms with Gasteiger partial charge in [0.1, 0.15) is 0 Å². The van der Waals surface area contributed by atoms with E-state index in [4.69, 9.17) is 5.11 Å². The summed E-state index contributed by atoms with van der Waals surface area (Å²) in [6, 6.07) is 7.56. The van der Waals surface area contributed by atoms with Gasteiger partial charge in [-0.3, -0.25) is 9.59 Å². The van der Waals surface area contributed by atoms with Crippen LogP contribution in [0, 0.1) is 13.8 Å². The van der Waals surface area contributed by atoms with Gasteiger partial charge in [-0.15, -0.1) is 0 Å². The van der Waals surface area contributed by atoms with E-state index in [1.807, 2.05) is 47.7 Å². The maximum atomic E-state index is 12.8. The van der Waals surface area contributed by atoms with Crippen LogP contribution in [0.1, 0.15) is 65.8 Å². The van der Waals surface area contributed by atoms with Gasteiger partial charge >= 0.3 is 5.97 Å². The van der Waals surface area contributed by atoms with Crippen molar-refractivity contribution in [2.24, 2.45) is 0 Å². The maximum Gasteiger partial charge on any atom is 0.303 e. The van der Waals surface area contributed by atoms with Crippen LogP contribution in [-0.4, -0.2) is 44.8 Å². The van der Waals surface area contributed by atoms with Gasteiger partial charge in [0.15, 0.2) is 0 Å². The van der Waals surface area contributed by atoms with Crippen LogP contribution in [0.25, 0.3) is 5.69 Å². The molecule has 0 saturated carbocycles. The first-order valence-corrected chi connectivity index (χ1v) is 10.1. The van der Waals surface area contributed by atoms with E-state index >= 15 is 0 Å². The van der Waals surface area contributed by atoms with Gasteiger partial charge in [-0.25, -0.2) is 4.68 Å². The third kappa shape index (κ3) is 4.61. The molecule has 2 heterocycles. The first-order chi connectivity index (χ1) is 13.5. The number of amides is 1. The van der Waals surface area contributed by atoms with Gasteiger partial charge in [-0.1, -0.05) is 19.3 Å². The predicted octanol–water partition coefficient (Wildman–Crippen LogP) is 3.91. The van der Waals surface area contributed by atoms with Gasteiger partial charge < -0.3 is 10.0 Å². The molecule has 1 aliphatic heterocycles. The fraction of sp³-hybridized carbons (Fsp3) is 0.500. The predicted molar refractivity (Wildman–Crippen MR) is 108 cm³/mol. The number of rotatable bonds is 5. The molecule has 0 spiro atoms. The van der Waals surface area contributed by atoms with Crippen molar-refractivity contribution >= 4 is 11.9 Å². The molecule has 0 bridgehead atoms. The molecule has 2 aromatic rings. The second-order valence-electron chi connectivity index (χ2n) is 7.56. The summed E-state index contributed by atoms with van der Waals surface area (Å²) in [5.41, 5.74) is 4.35. The molecule has 0 aliphatic carbocycles. The zero-order valence-electron chi connectivity index (χ0n) is 16.8. The number of aryl methyl sites for hydroxylation is 1. The Morgan fingerprint density at radius 3 is 2.21 bits per heavy atom. The molecule has 1 amide bonds. The molecular weight excluding hydrogens is 354 g/mol. The van der Waals surface area contributed by atoms with Crippen LogP contribution in [0.2, 0.25) is 0 Å². The molecule has 1 fully saturated rings. The molecule has 1 saturated heterocycles. The number of carboxylic acids is 1. The van der Waals surface area contributed by atoms with E-state index in [1.54, 1.807) is 0 Å². The molecule has 28 heavy (non-hydrogen) atoms. The van der Waals surface area contributed by atoms with Gasteiger partial charge in [0.05, 0.1) is 11.4 Å². The zero-order chi connectivity index (χ0) is 20.1. The number of carboxylic acid groups (broad SMARTS) is 1. The highest BCUT2D eigenvalue weighted by atomic mass is 16.4. The largest absolute Gasteiger partial charge is 0.481 e. The summed E-state index contributed by atoms with van der Waals surface area (Å²) in [7, 11) is 0. The quantitative estimate of drug-likeness (QED) is 0.849. The Kier molecular flexibility index (Phi) is 6.49. The summed E-state index contributed by atoms with van der Waals surface area (Å²) >= 11 is 0. The summed E-state index contributed by atoms with van der Waals surface area (Å²) in [6.45, 7) is 5.53. The number of hydrogen-bond donors (Lipinski definition) is 1. The second-order valence-corrected chi connectivity index (χ2v) is 7.56. The van der Waals surface area contributed by atoms with E-state index in [0.29, 0.717) is 12.0 Å². The topological polar surface area (TPSA) is 75.4 Å². The lowest BCUT2D eigenvalue weighted by Gasteiger charge is -2.25. The van der Waals surface area contributed by atoms with E-state index < -0.39 is 5.97 Å². The minimum absolute atomic E-state index is 0.0939. The number of hydrogen-bond acceptors (Lipinski definition) is 3. The molecule has 150 valence electrons. The summed E-state index contributed by atoms with van der Waals surface area (Å²) < 4.78 is 1.83. The van der Waals surface area contributed by atoms with Gasteiger partial charge in [0.2, 0.25) is 0 Å². The lowest BCUT2D eigenvalue weighted by molar-refractivity contribution is -0.136. The van der Waals surface area contributed by atoms with Gasteiger partial charge in [0.25, 0.3) is 5.91 Å². The van der Waals surface area contributed by atoms with Crippen molar-refractivity contribution in [1.29, 1.82) is 0 Å². The Hall–Kier alpha value is -2.63. The van der Waals surface area contributed by atoms with Gasteiger partial charge in [-0.05, 0) is 62.9 Å².